The van der Waals surface area contributed by atoms with Crippen molar-refractivity contribution in [3.05, 3.63) is 48.0 Å². The molecule has 1 aliphatic heterocycles. The predicted octanol–water partition coefficient (Wildman–Crippen LogP) is 4.77. The summed E-state index contributed by atoms with van der Waals surface area (Å²) in [6, 6.07) is 7.67. The van der Waals surface area contributed by atoms with Crippen LogP contribution >= 0.6 is 11.6 Å². The van der Waals surface area contributed by atoms with Crippen LogP contribution in [0.1, 0.15) is 27.2 Å². The van der Waals surface area contributed by atoms with Crippen molar-refractivity contribution in [2.75, 3.05) is 18.4 Å². The van der Waals surface area contributed by atoms with Gasteiger partial charge in [-0.2, -0.15) is 0 Å². The molecule has 4 rings (SSSR count). The average Bonchev–Trinajstić information content (AvgIpc) is 3.15. The summed E-state index contributed by atoms with van der Waals surface area (Å²) in [4.78, 5) is 27.2. The molecule has 0 aromatic carbocycles. The summed E-state index contributed by atoms with van der Waals surface area (Å²) in [6.45, 7) is 6.83. The SMILES string of the molecule is CC(C)(C)OC(=O)N1CC[C@@H](Nc2nc(-c3ccnc(Cl)c3)cc3cnccc23)C1. The highest BCUT2D eigenvalue weighted by atomic mass is 35.5. The van der Waals surface area contributed by atoms with Crippen molar-refractivity contribution in [1.29, 1.82) is 0 Å². The summed E-state index contributed by atoms with van der Waals surface area (Å²) in [6.07, 6.45) is 5.76. The molecule has 0 aliphatic carbocycles. The summed E-state index contributed by atoms with van der Waals surface area (Å²) in [5.41, 5.74) is 1.16. The van der Waals surface area contributed by atoms with E-state index in [9.17, 15) is 4.79 Å². The molecule has 0 bridgehead atoms. The molecule has 30 heavy (non-hydrogen) atoms. The first-order valence-electron chi connectivity index (χ1n) is 9.90. The van der Waals surface area contributed by atoms with E-state index in [0.717, 1.165) is 34.3 Å². The van der Waals surface area contributed by atoms with E-state index in [0.29, 0.717) is 18.2 Å². The van der Waals surface area contributed by atoms with Gasteiger partial charge in [0.2, 0.25) is 0 Å². The Balaban J connectivity index is 1.59. The van der Waals surface area contributed by atoms with Crippen molar-refractivity contribution < 1.29 is 9.53 Å². The van der Waals surface area contributed by atoms with Gasteiger partial charge in [-0.15, -0.1) is 0 Å². The van der Waals surface area contributed by atoms with Crippen LogP contribution < -0.4 is 5.32 Å². The normalized spacial score (nSPS) is 16.7. The van der Waals surface area contributed by atoms with Crippen LogP contribution in [0.4, 0.5) is 10.6 Å². The molecule has 0 spiro atoms. The molecule has 1 saturated heterocycles. The Morgan fingerprint density at radius 3 is 2.87 bits per heavy atom. The molecule has 1 aliphatic rings. The van der Waals surface area contributed by atoms with E-state index in [1.807, 2.05) is 45.2 Å². The molecule has 0 radical (unpaired) electrons. The molecule has 156 valence electrons. The van der Waals surface area contributed by atoms with Crippen LogP contribution in [0.15, 0.2) is 42.9 Å². The Hall–Kier alpha value is -2.93. The number of amides is 1. The summed E-state index contributed by atoms with van der Waals surface area (Å²) in [5.74, 6) is 0.758. The molecule has 8 heteroatoms. The average molecular weight is 426 g/mol. The topological polar surface area (TPSA) is 80.2 Å². The monoisotopic (exact) mass is 425 g/mol. The fourth-order valence-electron chi connectivity index (χ4n) is 3.48. The number of carbonyl (C=O) groups excluding carboxylic acids is 1. The lowest BCUT2D eigenvalue weighted by Crippen LogP contribution is -2.36. The number of ether oxygens (including phenoxy) is 1. The number of nitrogens with zero attached hydrogens (tertiary/aromatic N) is 4. The maximum atomic E-state index is 12.4. The van der Waals surface area contributed by atoms with Crippen LogP contribution in [-0.4, -0.2) is 50.7 Å². The molecular weight excluding hydrogens is 402 g/mol. The number of hydrogen-bond acceptors (Lipinski definition) is 6. The maximum absolute atomic E-state index is 12.4. The van der Waals surface area contributed by atoms with Gasteiger partial charge < -0.3 is 15.0 Å². The third-order valence-electron chi connectivity index (χ3n) is 4.83. The molecule has 1 N–H and O–H groups in total. The number of halogens is 1. The van der Waals surface area contributed by atoms with Gasteiger partial charge in [-0.05, 0) is 51.5 Å². The van der Waals surface area contributed by atoms with Gasteiger partial charge in [0.25, 0.3) is 0 Å². The number of fused-ring (bicyclic) bond motifs is 1. The van der Waals surface area contributed by atoms with Crippen molar-refractivity contribution in [3.8, 4) is 11.3 Å². The summed E-state index contributed by atoms with van der Waals surface area (Å²) < 4.78 is 5.50. The molecule has 4 heterocycles. The van der Waals surface area contributed by atoms with E-state index < -0.39 is 5.60 Å². The molecule has 0 unspecified atom stereocenters. The molecule has 3 aromatic heterocycles. The Morgan fingerprint density at radius 1 is 1.27 bits per heavy atom. The highest BCUT2D eigenvalue weighted by molar-refractivity contribution is 6.29. The zero-order valence-electron chi connectivity index (χ0n) is 17.2. The highest BCUT2D eigenvalue weighted by Crippen LogP contribution is 2.29. The number of nitrogens with one attached hydrogen (secondary N) is 1. The fourth-order valence-corrected chi connectivity index (χ4v) is 3.65. The number of likely N-dealkylation sites (tertiary alicyclic amines) is 1. The van der Waals surface area contributed by atoms with E-state index in [2.05, 4.69) is 15.3 Å². The van der Waals surface area contributed by atoms with Crippen molar-refractivity contribution in [1.82, 2.24) is 19.9 Å². The molecule has 3 aromatic rings. The zero-order valence-corrected chi connectivity index (χ0v) is 18.0. The number of hydrogen-bond donors (Lipinski definition) is 1. The van der Waals surface area contributed by atoms with Gasteiger partial charge in [0.15, 0.2) is 0 Å². The minimum atomic E-state index is -0.506. The van der Waals surface area contributed by atoms with E-state index in [1.165, 1.54) is 0 Å². The summed E-state index contributed by atoms with van der Waals surface area (Å²) >= 11 is 6.07. The minimum Gasteiger partial charge on any atom is -0.444 e. The van der Waals surface area contributed by atoms with E-state index in [1.54, 1.807) is 23.4 Å². The number of carbonyl (C=O) groups is 1. The van der Waals surface area contributed by atoms with Crippen LogP contribution in [0.25, 0.3) is 22.0 Å². The summed E-state index contributed by atoms with van der Waals surface area (Å²) in [5, 5.41) is 5.88. The van der Waals surface area contributed by atoms with Crippen molar-refractivity contribution >= 4 is 34.3 Å². The van der Waals surface area contributed by atoms with Crippen LogP contribution in [-0.2, 0) is 4.74 Å². The molecule has 1 atom stereocenters. The second-order valence-electron chi connectivity index (χ2n) is 8.38. The lowest BCUT2D eigenvalue weighted by atomic mass is 10.1. The van der Waals surface area contributed by atoms with Crippen molar-refractivity contribution in [2.45, 2.75) is 38.8 Å². The van der Waals surface area contributed by atoms with Gasteiger partial charge >= 0.3 is 6.09 Å². The van der Waals surface area contributed by atoms with Gasteiger partial charge in [-0.1, -0.05) is 11.6 Å². The smallest absolute Gasteiger partial charge is 0.410 e. The van der Waals surface area contributed by atoms with Gasteiger partial charge in [0.05, 0.1) is 5.69 Å². The predicted molar refractivity (Wildman–Crippen MR) is 118 cm³/mol. The molecule has 1 amide bonds. The molecule has 0 saturated carbocycles. The maximum Gasteiger partial charge on any atom is 0.410 e. The molecule has 7 nitrogen and oxygen atoms in total. The number of pyridine rings is 3. The Labute approximate surface area is 180 Å². The van der Waals surface area contributed by atoms with E-state index in [4.69, 9.17) is 21.3 Å². The van der Waals surface area contributed by atoms with Crippen LogP contribution in [0.2, 0.25) is 5.15 Å². The largest absolute Gasteiger partial charge is 0.444 e. The van der Waals surface area contributed by atoms with Crippen molar-refractivity contribution in [3.63, 3.8) is 0 Å². The second kappa shape index (κ2) is 8.07. The Bertz CT molecular complexity index is 1080. The van der Waals surface area contributed by atoms with Gasteiger partial charge in [0, 0.05) is 54.1 Å². The first kappa shape index (κ1) is 20.3. The van der Waals surface area contributed by atoms with Gasteiger partial charge in [0.1, 0.15) is 16.6 Å². The lowest BCUT2D eigenvalue weighted by Gasteiger charge is -2.24. The van der Waals surface area contributed by atoms with Gasteiger partial charge in [-0.25, -0.2) is 14.8 Å². The van der Waals surface area contributed by atoms with Crippen LogP contribution in [0.5, 0.6) is 0 Å². The molecule has 1 fully saturated rings. The van der Waals surface area contributed by atoms with Crippen LogP contribution in [0.3, 0.4) is 0 Å². The fraction of sp³-hybridized carbons (Fsp3) is 0.364. The minimum absolute atomic E-state index is 0.0812. The van der Waals surface area contributed by atoms with Crippen molar-refractivity contribution in [2.24, 2.45) is 0 Å². The first-order valence-corrected chi connectivity index (χ1v) is 10.3. The highest BCUT2D eigenvalue weighted by Gasteiger charge is 2.30. The number of aromatic nitrogens is 3. The first-order chi connectivity index (χ1) is 14.3. The molecular formula is C22H24ClN5O2. The standard InChI is InChI=1S/C22H24ClN5O2/c1-22(2,3)30-21(29)28-9-6-16(13-28)26-20-17-5-7-24-12-15(17)10-18(27-20)14-4-8-25-19(23)11-14/h4-5,7-8,10-12,16H,6,9,13H2,1-3H3,(H,26,27)/t16-/m1/s1. The van der Waals surface area contributed by atoms with Gasteiger partial charge in [-0.3, -0.25) is 4.98 Å². The van der Waals surface area contributed by atoms with Crippen LogP contribution in [0, 0.1) is 0 Å². The van der Waals surface area contributed by atoms with E-state index >= 15 is 0 Å². The summed E-state index contributed by atoms with van der Waals surface area (Å²) in [7, 11) is 0. The number of rotatable bonds is 3. The Kier molecular flexibility index (Phi) is 5.47. The third-order valence-corrected chi connectivity index (χ3v) is 5.04. The lowest BCUT2D eigenvalue weighted by molar-refractivity contribution is 0.0293. The van der Waals surface area contributed by atoms with E-state index in [-0.39, 0.29) is 12.1 Å². The third kappa shape index (κ3) is 4.62. The second-order valence-corrected chi connectivity index (χ2v) is 8.76. The number of anilines is 1. The zero-order chi connectivity index (χ0) is 21.3. The quantitative estimate of drug-likeness (QED) is 0.609. The Morgan fingerprint density at radius 2 is 2.10 bits per heavy atom.